The van der Waals surface area contributed by atoms with Crippen molar-refractivity contribution in [3.63, 3.8) is 0 Å². The molecule has 2 aliphatic carbocycles. The molecule has 258 valence electrons. The molecule has 7 aromatic carbocycles. The van der Waals surface area contributed by atoms with Crippen molar-refractivity contribution in [1.82, 2.24) is 0 Å². The van der Waals surface area contributed by atoms with Gasteiger partial charge in [0.15, 0.2) is 0 Å². The second-order valence-electron chi connectivity index (χ2n) is 13.9. The maximum absolute atomic E-state index is 5.67. The van der Waals surface area contributed by atoms with Gasteiger partial charge in [-0.1, -0.05) is 147 Å². The number of hydrogen-bond donors (Lipinski definition) is 1. The molecule has 0 fully saturated rings. The van der Waals surface area contributed by atoms with Gasteiger partial charge in [0.1, 0.15) is 0 Å². The Hall–Kier alpha value is -6.18. The van der Waals surface area contributed by atoms with E-state index in [9.17, 15) is 0 Å². The van der Waals surface area contributed by atoms with Gasteiger partial charge in [-0.15, -0.1) is 0 Å². The third kappa shape index (κ3) is 5.74. The van der Waals surface area contributed by atoms with Crippen molar-refractivity contribution >= 4 is 38.3 Å². The molecule has 0 saturated heterocycles. The van der Waals surface area contributed by atoms with Gasteiger partial charge in [-0.05, 0) is 162 Å². The molecule has 53 heavy (non-hydrogen) atoms. The zero-order chi connectivity index (χ0) is 36.6. The van der Waals surface area contributed by atoms with Crippen LogP contribution in [0, 0.1) is 0 Å². The first-order valence-corrected chi connectivity index (χ1v) is 18.9. The molecule has 1 heteroatoms. The molecule has 7 aromatic rings. The minimum atomic E-state index is 0.839. The maximum Gasteiger partial charge on any atom is -0.00192 e. The molecule has 0 aromatic heterocycles. The minimum absolute atomic E-state index is 0.839. The Balaban J connectivity index is 0.00000197. The van der Waals surface area contributed by atoms with E-state index < -0.39 is 0 Å². The van der Waals surface area contributed by atoms with Crippen molar-refractivity contribution < 1.29 is 0 Å². The molecule has 0 heterocycles. The lowest BCUT2D eigenvalue weighted by Crippen LogP contribution is -1.95. The van der Waals surface area contributed by atoms with E-state index in [1.807, 2.05) is 19.9 Å². The molecular formula is C52H45N. The van der Waals surface area contributed by atoms with Crippen molar-refractivity contribution in [3.8, 4) is 44.5 Å². The minimum Gasteiger partial charge on any atom is -0.405 e. The molecule has 2 aliphatic rings. The molecule has 0 atom stereocenters. The summed E-state index contributed by atoms with van der Waals surface area (Å²) >= 11 is 0. The van der Waals surface area contributed by atoms with Gasteiger partial charge in [-0.3, -0.25) is 0 Å². The number of allylic oxidation sites excluding steroid dienone is 7. The highest BCUT2D eigenvalue weighted by molar-refractivity contribution is 6.19. The van der Waals surface area contributed by atoms with Crippen LogP contribution in [-0.4, -0.2) is 0 Å². The van der Waals surface area contributed by atoms with E-state index in [2.05, 4.69) is 166 Å². The molecule has 0 unspecified atom stereocenters. The average Bonchev–Trinajstić information content (AvgIpc) is 3.68. The third-order valence-corrected chi connectivity index (χ3v) is 10.9. The number of nitrogens with two attached hydrogens (primary N) is 1. The van der Waals surface area contributed by atoms with E-state index in [1.54, 1.807) is 6.20 Å². The van der Waals surface area contributed by atoms with Crippen LogP contribution in [0.3, 0.4) is 0 Å². The van der Waals surface area contributed by atoms with Crippen LogP contribution in [0.1, 0.15) is 62.4 Å². The fourth-order valence-corrected chi connectivity index (χ4v) is 8.52. The standard InChI is InChI=1S/C50H39N.C2H6/c1-4-11-39-32(3)40-22-21-36(42-17-8-18-45(39)49(40)42)26-33-27-37(35-14-7-13-34(29-35)31(2)12-10-25-51)30-38(28-33)41-23-24-48-44-16-6-5-15-43(44)47-20-9-19-46(41)50(47)48;1-2/h4-25,27-30H,26,51H2,1-3H3;1-2H3/b11-4-,25-10-,31-12+;. The number of rotatable bonds is 7. The van der Waals surface area contributed by atoms with Gasteiger partial charge < -0.3 is 5.73 Å². The summed E-state index contributed by atoms with van der Waals surface area (Å²) in [4.78, 5) is 0. The fraction of sp³-hybridized carbons (Fsp3) is 0.115. The lowest BCUT2D eigenvalue weighted by Gasteiger charge is -2.16. The fourth-order valence-electron chi connectivity index (χ4n) is 8.52. The van der Waals surface area contributed by atoms with E-state index in [4.69, 9.17) is 5.73 Å². The number of hydrogen-bond acceptors (Lipinski definition) is 1. The van der Waals surface area contributed by atoms with Gasteiger partial charge in [0, 0.05) is 0 Å². The van der Waals surface area contributed by atoms with E-state index >= 15 is 0 Å². The first kappa shape index (κ1) is 33.9. The summed E-state index contributed by atoms with van der Waals surface area (Å²) in [5.41, 5.74) is 26.3. The molecule has 0 saturated carbocycles. The highest BCUT2D eigenvalue weighted by Gasteiger charge is 2.24. The second kappa shape index (κ2) is 14.1. The summed E-state index contributed by atoms with van der Waals surface area (Å²) in [5.74, 6) is 0. The van der Waals surface area contributed by atoms with Crippen molar-refractivity contribution in [2.24, 2.45) is 5.73 Å². The molecule has 1 nitrogen and oxygen atoms in total. The van der Waals surface area contributed by atoms with Crippen LogP contribution in [0.25, 0.3) is 82.8 Å². The molecule has 2 N–H and O–H groups in total. The quantitative estimate of drug-likeness (QED) is 0.166. The van der Waals surface area contributed by atoms with Crippen molar-refractivity contribution in [1.29, 1.82) is 0 Å². The van der Waals surface area contributed by atoms with Gasteiger partial charge in [0.05, 0.1) is 0 Å². The van der Waals surface area contributed by atoms with Gasteiger partial charge in [0.25, 0.3) is 0 Å². The number of benzene rings is 7. The Morgan fingerprint density at radius 3 is 2.00 bits per heavy atom. The highest BCUT2D eigenvalue weighted by Crippen LogP contribution is 2.50. The van der Waals surface area contributed by atoms with Crippen molar-refractivity contribution in [2.75, 3.05) is 0 Å². The van der Waals surface area contributed by atoms with Gasteiger partial charge in [-0.25, -0.2) is 0 Å². The molecule has 9 rings (SSSR count). The predicted octanol–water partition coefficient (Wildman–Crippen LogP) is 14.3. The first-order chi connectivity index (χ1) is 26.0. The Morgan fingerprint density at radius 2 is 1.23 bits per heavy atom. The molecule has 0 bridgehead atoms. The Morgan fingerprint density at radius 1 is 0.585 bits per heavy atom. The summed E-state index contributed by atoms with van der Waals surface area (Å²) in [6.07, 6.45) is 10.8. The van der Waals surface area contributed by atoms with Crippen LogP contribution in [0.5, 0.6) is 0 Å². The van der Waals surface area contributed by atoms with Crippen LogP contribution in [0.15, 0.2) is 158 Å². The summed E-state index contributed by atoms with van der Waals surface area (Å²) in [6.45, 7) is 10.5. The molecule has 0 spiro atoms. The van der Waals surface area contributed by atoms with Crippen molar-refractivity contribution in [2.45, 2.75) is 41.0 Å². The molecular weight excluding hydrogens is 639 g/mol. The normalized spacial score (nSPS) is 13.0. The first-order valence-electron chi connectivity index (χ1n) is 18.9. The van der Waals surface area contributed by atoms with Crippen LogP contribution >= 0.6 is 0 Å². The second-order valence-corrected chi connectivity index (χ2v) is 13.9. The Labute approximate surface area is 314 Å². The molecule has 0 radical (unpaired) electrons. The summed E-state index contributed by atoms with van der Waals surface area (Å²) in [5, 5.41) is 5.38. The summed E-state index contributed by atoms with van der Waals surface area (Å²) in [7, 11) is 0. The van der Waals surface area contributed by atoms with Gasteiger partial charge in [-0.2, -0.15) is 0 Å². The zero-order valence-corrected chi connectivity index (χ0v) is 31.3. The smallest absolute Gasteiger partial charge is 0.00192 e. The number of fused-ring (bicyclic) bond motifs is 3. The topological polar surface area (TPSA) is 26.0 Å². The molecule has 0 amide bonds. The van der Waals surface area contributed by atoms with E-state index in [-0.39, 0.29) is 0 Å². The van der Waals surface area contributed by atoms with E-state index in [0.717, 1.165) is 6.42 Å². The lowest BCUT2D eigenvalue weighted by molar-refractivity contribution is 1.21. The zero-order valence-electron chi connectivity index (χ0n) is 31.3. The largest absolute Gasteiger partial charge is 0.405 e. The van der Waals surface area contributed by atoms with E-state index in [1.165, 1.54) is 111 Å². The highest BCUT2D eigenvalue weighted by atomic mass is 14.5. The van der Waals surface area contributed by atoms with E-state index in [0.29, 0.717) is 0 Å². The van der Waals surface area contributed by atoms with Crippen LogP contribution in [0.2, 0.25) is 0 Å². The van der Waals surface area contributed by atoms with Gasteiger partial charge in [0.2, 0.25) is 0 Å². The average molecular weight is 684 g/mol. The lowest BCUT2D eigenvalue weighted by atomic mass is 9.88. The van der Waals surface area contributed by atoms with Crippen molar-refractivity contribution in [3.05, 3.63) is 186 Å². The third-order valence-electron chi connectivity index (χ3n) is 10.9. The van der Waals surface area contributed by atoms with Crippen LogP contribution in [0.4, 0.5) is 0 Å². The molecule has 0 aliphatic heterocycles. The Kier molecular flexibility index (Phi) is 9.02. The maximum atomic E-state index is 5.67. The van der Waals surface area contributed by atoms with Crippen LogP contribution < -0.4 is 5.73 Å². The monoisotopic (exact) mass is 683 g/mol. The summed E-state index contributed by atoms with van der Waals surface area (Å²) in [6, 6.07) is 47.9. The summed E-state index contributed by atoms with van der Waals surface area (Å²) < 4.78 is 0. The predicted molar refractivity (Wildman–Crippen MR) is 232 cm³/mol. The SMILES string of the molecule is C/C=C\C1=C(C)c2ccc(Cc3cc(-c4cccc(/C(C)=C/C=C\N)c4)cc(-c4ccc5c6c(cccc46)-c4ccccc4-5)c3)c3cccc1c23.CC. The van der Waals surface area contributed by atoms with Gasteiger partial charge >= 0.3 is 0 Å². The Bertz CT molecular complexity index is 2660. The van der Waals surface area contributed by atoms with Crippen LogP contribution in [-0.2, 0) is 6.42 Å².